The van der Waals surface area contributed by atoms with Crippen LogP contribution in [0.5, 0.6) is 0 Å². The van der Waals surface area contributed by atoms with E-state index in [-0.39, 0.29) is 17.6 Å². The van der Waals surface area contributed by atoms with Crippen LogP contribution in [0.1, 0.15) is 36.9 Å². The molecule has 1 amide bonds. The number of pyridine rings is 1. The van der Waals surface area contributed by atoms with E-state index < -0.39 is 11.7 Å². The number of piperidine rings is 1. The Labute approximate surface area is 182 Å². The largest absolute Gasteiger partial charge is 0.416 e. The third-order valence-corrected chi connectivity index (χ3v) is 5.42. The van der Waals surface area contributed by atoms with Crippen molar-refractivity contribution < 1.29 is 18.0 Å². The Morgan fingerprint density at radius 3 is 2.66 bits per heavy atom. The average Bonchev–Trinajstić information content (AvgIpc) is 3.19. The molecular formula is C21H22F3N7O. The molecule has 1 N–H and O–H groups in total. The molecule has 1 fully saturated rings. The first kappa shape index (κ1) is 21.7. The van der Waals surface area contributed by atoms with Crippen molar-refractivity contribution in [2.45, 2.75) is 31.9 Å². The lowest BCUT2D eigenvalue weighted by Crippen LogP contribution is -2.37. The molecular weight excluding hydrogens is 423 g/mol. The molecule has 1 aliphatic rings. The molecule has 0 aromatic carbocycles. The van der Waals surface area contributed by atoms with Gasteiger partial charge in [-0.15, -0.1) is 0 Å². The van der Waals surface area contributed by atoms with Gasteiger partial charge in [0.15, 0.2) is 5.82 Å². The van der Waals surface area contributed by atoms with Crippen LogP contribution in [0.25, 0.3) is 11.5 Å². The van der Waals surface area contributed by atoms with E-state index in [0.29, 0.717) is 36.1 Å². The maximum atomic E-state index is 13.1. The number of aryl methyl sites for hydroxylation is 1. The van der Waals surface area contributed by atoms with Gasteiger partial charge >= 0.3 is 6.18 Å². The molecule has 32 heavy (non-hydrogen) atoms. The molecule has 1 atom stereocenters. The van der Waals surface area contributed by atoms with Crippen molar-refractivity contribution in [1.29, 1.82) is 0 Å². The number of anilines is 2. The number of rotatable bonds is 4. The second-order valence-electron chi connectivity index (χ2n) is 7.70. The lowest BCUT2D eigenvalue weighted by molar-refractivity contribution is -0.137. The standard InChI is InChI=1S/C21H22F3N7O/c1-13(32)31-9-3-4-14(12-31)16-11-19(29-20(27-16)17-6-8-26-30(17)2)28-18-10-15(5-7-25-18)21(22,23)24/h5-8,10-11,14H,3-4,9,12H2,1-2H3,(H,25,27,28,29). The lowest BCUT2D eigenvalue weighted by atomic mass is 9.94. The minimum atomic E-state index is -4.48. The predicted octanol–water partition coefficient (Wildman–Crippen LogP) is 3.76. The van der Waals surface area contributed by atoms with Gasteiger partial charge in [0.25, 0.3) is 0 Å². The van der Waals surface area contributed by atoms with E-state index in [0.717, 1.165) is 31.2 Å². The zero-order chi connectivity index (χ0) is 22.9. The topological polar surface area (TPSA) is 88.8 Å². The Hall–Kier alpha value is -3.50. The van der Waals surface area contributed by atoms with Crippen LogP contribution in [0.2, 0.25) is 0 Å². The maximum absolute atomic E-state index is 13.1. The van der Waals surface area contributed by atoms with Gasteiger partial charge in [0.05, 0.1) is 11.3 Å². The van der Waals surface area contributed by atoms with Crippen molar-refractivity contribution in [3.05, 3.63) is 47.9 Å². The van der Waals surface area contributed by atoms with Crippen LogP contribution >= 0.6 is 0 Å². The van der Waals surface area contributed by atoms with Crippen molar-refractivity contribution >= 4 is 17.5 Å². The summed E-state index contributed by atoms with van der Waals surface area (Å²) < 4.78 is 40.9. The number of amides is 1. The maximum Gasteiger partial charge on any atom is 0.416 e. The molecule has 8 nitrogen and oxygen atoms in total. The lowest BCUT2D eigenvalue weighted by Gasteiger charge is -2.32. The van der Waals surface area contributed by atoms with Crippen LogP contribution in [0.4, 0.5) is 24.8 Å². The molecule has 0 bridgehead atoms. The second kappa shape index (κ2) is 8.56. The molecule has 0 aliphatic carbocycles. The number of carbonyl (C=O) groups is 1. The fourth-order valence-electron chi connectivity index (χ4n) is 3.76. The highest BCUT2D eigenvalue weighted by atomic mass is 19.4. The van der Waals surface area contributed by atoms with Gasteiger partial charge in [-0.25, -0.2) is 15.0 Å². The average molecular weight is 445 g/mol. The van der Waals surface area contributed by atoms with Gasteiger partial charge < -0.3 is 10.2 Å². The SMILES string of the molecule is CC(=O)N1CCCC(c2cc(Nc3cc(C(F)(F)F)ccn3)nc(-c3ccnn3C)n2)C1. The van der Waals surface area contributed by atoms with Gasteiger partial charge in [-0.3, -0.25) is 9.48 Å². The molecule has 1 saturated heterocycles. The zero-order valence-corrected chi connectivity index (χ0v) is 17.6. The molecule has 3 aromatic rings. The van der Waals surface area contributed by atoms with E-state index >= 15 is 0 Å². The van der Waals surface area contributed by atoms with E-state index in [1.54, 1.807) is 35.0 Å². The zero-order valence-electron chi connectivity index (χ0n) is 17.6. The van der Waals surface area contributed by atoms with Crippen LogP contribution in [0, 0.1) is 0 Å². The van der Waals surface area contributed by atoms with Crippen molar-refractivity contribution in [3.8, 4) is 11.5 Å². The minimum Gasteiger partial charge on any atom is -0.342 e. The van der Waals surface area contributed by atoms with Crippen LogP contribution < -0.4 is 5.32 Å². The second-order valence-corrected chi connectivity index (χ2v) is 7.70. The molecule has 1 aliphatic heterocycles. The van der Waals surface area contributed by atoms with E-state index in [1.165, 1.54) is 6.92 Å². The number of likely N-dealkylation sites (tertiary alicyclic amines) is 1. The first-order valence-corrected chi connectivity index (χ1v) is 10.1. The van der Waals surface area contributed by atoms with E-state index in [2.05, 4.69) is 20.4 Å². The van der Waals surface area contributed by atoms with Crippen molar-refractivity contribution in [1.82, 2.24) is 29.6 Å². The van der Waals surface area contributed by atoms with Crippen LogP contribution in [-0.2, 0) is 18.0 Å². The summed E-state index contributed by atoms with van der Waals surface area (Å²) in [5, 5.41) is 7.03. The van der Waals surface area contributed by atoms with E-state index in [4.69, 9.17) is 4.98 Å². The quantitative estimate of drug-likeness (QED) is 0.658. The number of nitrogens with zero attached hydrogens (tertiary/aromatic N) is 6. The molecule has 0 saturated carbocycles. The smallest absolute Gasteiger partial charge is 0.342 e. The number of carbonyl (C=O) groups excluding carboxylic acids is 1. The Morgan fingerprint density at radius 1 is 1.16 bits per heavy atom. The Balaban J connectivity index is 1.71. The third-order valence-electron chi connectivity index (χ3n) is 5.42. The summed E-state index contributed by atoms with van der Waals surface area (Å²) in [5.74, 6) is 0.712. The third kappa shape index (κ3) is 4.71. The summed E-state index contributed by atoms with van der Waals surface area (Å²) in [4.78, 5) is 26.8. The molecule has 0 spiro atoms. The highest BCUT2D eigenvalue weighted by Gasteiger charge is 2.31. The monoisotopic (exact) mass is 445 g/mol. The number of alkyl halides is 3. The van der Waals surface area contributed by atoms with Gasteiger partial charge in [-0.2, -0.15) is 18.3 Å². The number of hydrogen-bond donors (Lipinski definition) is 1. The normalized spacial score (nSPS) is 16.8. The molecule has 11 heteroatoms. The minimum absolute atomic E-state index is 0.00197. The van der Waals surface area contributed by atoms with Crippen LogP contribution in [0.15, 0.2) is 36.7 Å². The van der Waals surface area contributed by atoms with Crippen LogP contribution in [0.3, 0.4) is 0 Å². The predicted molar refractivity (Wildman–Crippen MR) is 111 cm³/mol. The molecule has 3 aromatic heterocycles. The number of hydrogen-bond acceptors (Lipinski definition) is 6. The molecule has 1 unspecified atom stereocenters. The summed E-state index contributed by atoms with van der Waals surface area (Å²) in [7, 11) is 1.75. The van der Waals surface area contributed by atoms with E-state index in [1.807, 2.05) is 0 Å². The fraction of sp³-hybridized carbons (Fsp3) is 0.381. The first-order chi connectivity index (χ1) is 15.2. The van der Waals surface area contributed by atoms with Gasteiger partial charge in [0.1, 0.15) is 17.3 Å². The summed E-state index contributed by atoms with van der Waals surface area (Å²) in [6.07, 6.45) is -0.0828. The Kier molecular flexibility index (Phi) is 5.81. The van der Waals surface area contributed by atoms with Crippen LogP contribution in [-0.4, -0.2) is 48.6 Å². The molecule has 4 rings (SSSR count). The van der Waals surface area contributed by atoms with Gasteiger partial charge in [0.2, 0.25) is 5.91 Å². The van der Waals surface area contributed by atoms with E-state index in [9.17, 15) is 18.0 Å². The molecule has 168 valence electrons. The highest BCUT2D eigenvalue weighted by molar-refractivity contribution is 5.73. The van der Waals surface area contributed by atoms with Crippen molar-refractivity contribution in [3.63, 3.8) is 0 Å². The molecule has 4 heterocycles. The van der Waals surface area contributed by atoms with Crippen molar-refractivity contribution in [2.24, 2.45) is 7.05 Å². The molecule has 0 radical (unpaired) electrons. The van der Waals surface area contributed by atoms with Gasteiger partial charge in [0, 0.05) is 51.4 Å². The Morgan fingerprint density at radius 2 is 1.97 bits per heavy atom. The Bertz CT molecular complexity index is 1130. The van der Waals surface area contributed by atoms with Crippen molar-refractivity contribution in [2.75, 3.05) is 18.4 Å². The van der Waals surface area contributed by atoms with Gasteiger partial charge in [-0.05, 0) is 31.0 Å². The number of halogens is 3. The first-order valence-electron chi connectivity index (χ1n) is 10.1. The number of aromatic nitrogens is 5. The number of nitrogens with one attached hydrogen (secondary N) is 1. The summed E-state index contributed by atoms with van der Waals surface area (Å²) in [6, 6.07) is 5.31. The fourth-order valence-corrected chi connectivity index (χ4v) is 3.76. The van der Waals surface area contributed by atoms with Gasteiger partial charge in [-0.1, -0.05) is 0 Å². The summed E-state index contributed by atoms with van der Waals surface area (Å²) in [5.41, 5.74) is 0.559. The summed E-state index contributed by atoms with van der Waals surface area (Å²) >= 11 is 0. The summed E-state index contributed by atoms with van der Waals surface area (Å²) in [6.45, 7) is 2.76. The highest BCUT2D eigenvalue weighted by Crippen LogP contribution is 2.32.